The molecule has 2 nitrogen and oxygen atoms in total. The van der Waals surface area contributed by atoms with Crippen molar-refractivity contribution in [2.24, 2.45) is 0 Å². The second-order valence-corrected chi connectivity index (χ2v) is 6.27. The molecule has 0 heterocycles. The predicted molar refractivity (Wildman–Crippen MR) is 93.8 cm³/mol. The van der Waals surface area contributed by atoms with Crippen molar-refractivity contribution in [1.82, 2.24) is 0 Å². The average Bonchev–Trinajstić information content (AvgIpc) is 2.56. The van der Waals surface area contributed by atoms with E-state index in [4.69, 9.17) is 0 Å². The van der Waals surface area contributed by atoms with Crippen LogP contribution in [-0.4, -0.2) is 10.2 Å². The molecule has 3 rings (SSSR count). The van der Waals surface area contributed by atoms with Gasteiger partial charge in [0.15, 0.2) is 0 Å². The summed E-state index contributed by atoms with van der Waals surface area (Å²) in [6.07, 6.45) is 0. The van der Waals surface area contributed by atoms with Crippen molar-refractivity contribution in [2.45, 2.75) is 19.3 Å². The largest absolute Gasteiger partial charge is 0.508 e. The van der Waals surface area contributed by atoms with Crippen LogP contribution < -0.4 is 0 Å². The third kappa shape index (κ3) is 2.93. The van der Waals surface area contributed by atoms with E-state index >= 15 is 0 Å². The van der Waals surface area contributed by atoms with E-state index in [0.717, 1.165) is 16.7 Å². The van der Waals surface area contributed by atoms with E-state index in [1.807, 2.05) is 42.5 Å². The molecule has 0 aliphatic carbocycles. The van der Waals surface area contributed by atoms with E-state index < -0.39 is 0 Å². The summed E-state index contributed by atoms with van der Waals surface area (Å²) >= 11 is 0. The number of phenols is 2. The molecule has 0 radical (unpaired) electrons. The second-order valence-electron chi connectivity index (χ2n) is 6.27. The average molecular weight is 304 g/mol. The van der Waals surface area contributed by atoms with Gasteiger partial charge in [-0.05, 0) is 46.5 Å². The molecule has 116 valence electrons. The lowest BCUT2D eigenvalue weighted by Crippen LogP contribution is -2.19. The van der Waals surface area contributed by atoms with E-state index in [1.165, 1.54) is 5.56 Å². The Bertz CT molecular complexity index is 803. The Morgan fingerprint density at radius 2 is 1.30 bits per heavy atom. The van der Waals surface area contributed by atoms with E-state index in [1.54, 1.807) is 18.2 Å². The Morgan fingerprint density at radius 3 is 1.96 bits per heavy atom. The molecule has 0 aliphatic rings. The number of benzene rings is 3. The lowest BCUT2D eigenvalue weighted by Gasteiger charge is -2.29. The third-order valence-electron chi connectivity index (χ3n) is 4.35. The van der Waals surface area contributed by atoms with Crippen molar-refractivity contribution in [1.29, 1.82) is 0 Å². The molecule has 0 spiro atoms. The zero-order valence-corrected chi connectivity index (χ0v) is 13.3. The molecule has 0 saturated heterocycles. The van der Waals surface area contributed by atoms with Crippen molar-refractivity contribution in [2.75, 3.05) is 0 Å². The highest BCUT2D eigenvalue weighted by molar-refractivity contribution is 5.71. The van der Waals surface area contributed by atoms with Gasteiger partial charge in [-0.1, -0.05) is 62.4 Å². The van der Waals surface area contributed by atoms with E-state index in [-0.39, 0.29) is 16.9 Å². The van der Waals surface area contributed by atoms with E-state index in [0.29, 0.717) is 0 Å². The molecule has 0 aliphatic heterocycles. The number of hydrogen-bond donors (Lipinski definition) is 2. The van der Waals surface area contributed by atoms with Crippen LogP contribution in [0.1, 0.15) is 25.0 Å². The van der Waals surface area contributed by atoms with Crippen LogP contribution in [0.25, 0.3) is 11.1 Å². The highest BCUT2D eigenvalue weighted by Crippen LogP contribution is 2.39. The fraction of sp³-hybridized carbons (Fsp3) is 0.143. The maximum absolute atomic E-state index is 10.00. The SMILES string of the molecule is CC(C)(c1ccccc1)c1cc(O)ccc1-c1ccc(O)cc1. The molecule has 0 aromatic heterocycles. The Hall–Kier alpha value is -2.74. The first-order valence-corrected chi connectivity index (χ1v) is 7.67. The lowest BCUT2D eigenvalue weighted by molar-refractivity contribution is 0.472. The van der Waals surface area contributed by atoms with Crippen molar-refractivity contribution >= 4 is 0 Å². The van der Waals surface area contributed by atoms with Crippen LogP contribution in [0.2, 0.25) is 0 Å². The summed E-state index contributed by atoms with van der Waals surface area (Å²) in [6.45, 7) is 4.31. The minimum atomic E-state index is -0.257. The van der Waals surface area contributed by atoms with Crippen LogP contribution in [0, 0.1) is 0 Å². The third-order valence-corrected chi connectivity index (χ3v) is 4.35. The van der Waals surface area contributed by atoms with Gasteiger partial charge in [0.05, 0.1) is 0 Å². The van der Waals surface area contributed by atoms with Crippen LogP contribution in [0.3, 0.4) is 0 Å². The number of phenolic OH excluding ortho intramolecular Hbond substituents is 2. The summed E-state index contributed by atoms with van der Waals surface area (Å²) in [4.78, 5) is 0. The Balaban J connectivity index is 2.19. The summed E-state index contributed by atoms with van der Waals surface area (Å²) in [5.74, 6) is 0.503. The van der Waals surface area contributed by atoms with Crippen LogP contribution in [0.15, 0.2) is 72.8 Å². The quantitative estimate of drug-likeness (QED) is 0.707. The molecule has 0 saturated carbocycles. The first kappa shape index (κ1) is 15.2. The van der Waals surface area contributed by atoms with E-state index in [9.17, 15) is 10.2 Å². The number of hydrogen-bond acceptors (Lipinski definition) is 2. The summed E-state index contributed by atoms with van der Waals surface area (Å²) in [5.41, 5.74) is 4.05. The summed E-state index contributed by atoms with van der Waals surface area (Å²) in [7, 11) is 0. The van der Waals surface area contributed by atoms with Gasteiger partial charge in [-0.2, -0.15) is 0 Å². The van der Waals surface area contributed by atoms with Gasteiger partial charge >= 0.3 is 0 Å². The first-order valence-electron chi connectivity index (χ1n) is 7.67. The zero-order chi connectivity index (χ0) is 16.4. The molecular formula is C21H20O2. The Kier molecular flexibility index (Phi) is 3.83. The van der Waals surface area contributed by atoms with Gasteiger partial charge < -0.3 is 10.2 Å². The molecule has 3 aromatic rings. The highest BCUT2D eigenvalue weighted by atomic mass is 16.3. The van der Waals surface area contributed by atoms with Crippen molar-refractivity contribution in [3.63, 3.8) is 0 Å². The van der Waals surface area contributed by atoms with Crippen LogP contribution in [0.4, 0.5) is 0 Å². The lowest BCUT2D eigenvalue weighted by atomic mass is 9.75. The molecule has 0 atom stereocenters. The fourth-order valence-electron chi connectivity index (χ4n) is 2.95. The molecular weight excluding hydrogens is 284 g/mol. The van der Waals surface area contributed by atoms with Crippen LogP contribution in [-0.2, 0) is 5.41 Å². The number of rotatable bonds is 3. The molecule has 0 unspecified atom stereocenters. The smallest absolute Gasteiger partial charge is 0.115 e. The molecule has 0 fully saturated rings. The van der Waals surface area contributed by atoms with Gasteiger partial charge in [0.2, 0.25) is 0 Å². The molecule has 3 aromatic carbocycles. The molecule has 2 N–H and O–H groups in total. The molecule has 0 bridgehead atoms. The first-order chi connectivity index (χ1) is 11.0. The summed E-state index contributed by atoms with van der Waals surface area (Å²) < 4.78 is 0. The van der Waals surface area contributed by atoms with Gasteiger partial charge in [0, 0.05) is 5.41 Å². The Morgan fingerprint density at radius 1 is 0.696 bits per heavy atom. The van der Waals surface area contributed by atoms with Gasteiger partial charge in [0.1, 0.15) is 11.5 Å². The maximum Gasteiger partial charge on any atom is 0.115 e. The van der Waals surface area contributed by atoms with Crippen LogP contribution >= 0.6 is 0 Å². The standard InChI is InChI=1S/C21H20O2/c1-21(2,16-6-4-3-5-7-16)20-14-18(23)12-13-19(20)15-8-10-17(22)11-9-15/h3-14,22-23H,1-2H3. The molecule has 2 heteroatoms. The maximum atomic E-state index is 10.00. The molecule has 23 heavy (non-hydrogen) atoms. The van der Waals surface area contributed by atoms with Gasteiger partial charge in [-0.25, -0.2) is 0 Å². The monoisotopic (exact) mass is 304 g/mol. The van der Waals surface area contributed by atoms with Gasteiger partial charge in [0.25, 0.3) is 0 Å². The fourth-order valence-corrected chi connectivity index (χ4v) is 2.95. The van der Waals surface area contributed by atoms with E-state index in [2.05, 4.69) is 26.0 Å². The van der Waals surface area contributed by atoms with Crippen molar-refractivity contribution < 1.29 is 10.2 Å². The second kappa shape index (κ2) is 5.81. The molecule has 0 amide bonds. The van der Waals surface area contributed by atoms with Gasteiger partial charge in [-0.3, -0.25) is 0 Å². The zero-order valence-electron chi connectivity index (χ0n) is 13.3. The highest BCUT2D eigenvalue weighted by Gasteiger charge is 2.26. The van der Waals surface area contributed by atoms with Crippen molar-refractivity contribution in [3.05, 3.63) is 83.9 Å². The Labute approximate surface area is 136 Å². The minimum Gasteiger partial charge on any atom is -0.508 e. The topological polar surface area (TPSA) is 40.5 Å². The van der Waals surface area contributed by atoms with Crippen molar-refractivity contribution in [3.8, 4) is 22.6 Å². The predicted octanol–water partition coefficient (Wildman–Crippen LogP) is 5.09. The summed E-state index contributed by atoms with van der Waals surface area (Å²) in [6, 6.07) is 22.9. The normalized spacial score (nSPS) is 11.4. The van der Waals surface area contributed by atoms with Gasteiger partial charge in [-0.15, -0.1) is 0 Å². The number of aromatic hydroxyl groups is 2. The van der Waals surface area contributed by atoms with Crippen LogP contribution in [0.5, 0.6) is 11.5 Å². The summed E-state index contributed by atoms with van der Waals surface area (Å²) in [5, 5.41) is 19.5. The minimum absolute atomic E-state index is 0.247.